The van der Waals surface area contributed by atoms with Gasteiger partial charge in [0.15, 0.2) is 17.3 Å². The van der Waals surface area contributed by atoms with E-state index in [1.54, 1.807) is 19.1 Å². The number of anilines is 1. The predicted molar refractivity (Wildman–Crippen MR) is 126 cm³/mol. The van der Waals surface area contributed by atoms with Crippen LogP contribution >= 0.6 is 11.6 Å². The van der Waals surface area contributed by atoms with Crippen LogP contribution in [0.1, 0.15) is 50.2 Å². The summed E-state index contributed by atoms with van der Waals surface area (Å²) in [7, 11) is 3.16. The lowest BCUT2D eigenvalue weighted by atomic mass is 9.69. The zero-order chi connectivity index (χ0) is 23.2. The highest BCUT2D eigenvalue weighted by atomic mass is 35.5. The molecule has 2 aliphatic rings. The van der Waals surface area contributed by atoms with Gasteiger partial charge in [-0.3, -0.25) is 14.5 Å². The van der Waals surface area contributed by atoms with Crippen LogP contribution in [0.25, 0.3) is 0 Å². The Morgan fingerprint density at radius 2 is 1.75 bits per heavy atom. The Kier molecular flexibility index (Phi) is 5.80. The molecule has 0 saturated heterocycles. The zero-order valence-corrected chi connectivity index (χ0v) is 19.9. The van der Waals surface area contributed by atoms with Gasteiger partial charge in [0.2, 0.25) is 5.91 Å². The number of hydrogen-bond acceptors (Lipinski definition) is 4. The van der Waals surface area contributed by atoms with E-state index in [1.165, 1.54) is 0 Å². The number of halogens is 1. The van der Waals surface area contributed by atoms with Gasteiger partial charge in [0, 0.05) is 40.6 Å². The lowest BCUT2D eigenvalue weighted by Crippen LogP contribution is -2.44. The average molecular weight is 454 g/mol. The van der Waals surface area contributed by atoms with Crippen molar-refractivity contribution in [2.75, 3.05) is 19.1 Å². The molecule has 168 valence electrons. The fourth-order valence-corrected chi connectivity index (χ4v) is 5.15. The fourth-order valence-electron chi connectivity index (χ4n) is 4.99. The van der Waals surface area contributed by atoms with Crippen molar-refractivity contribution in [2.45, 2.75) is 46.0 Å². The zero-order valence-electron chi connectivity index (χ0n) is 19.1. The Balaban J connectivity index is 1.96. The van der Waals surface area contributed by atoms with Crippen LogP contribution in [0.3, 0.4) is 0 Å². The van der Waals surface area contributed by atoms with E-state index in [-0.39, 0.29) is 29.4 Å². The van der Waals surface area contributed by atoms with Gasteiger partial charge in [-0.25, -0.2) is 0 Å². The first-order chi connectivity index (χ1) is 15.2. The molecule has 2 aromatic rings. The minimum Gasteiger partial charge on any atom is -0.493 e. The minimum absolute atomic E-state index is 0.0607. The number of Topliss-reactive ketones (excluding diaryl/α,β-unsaturated/α-hetero) is 1. The molecule has 5 nitrogen and oxygen atoms in total. The van der Waals surface area contributed by atoms with Crippen LogP contribution in [0.2, 0.25) is 5.02 Å². The quantitative estimate of drug-likeness (QED) is 0.584. The van der Waals surface area contributed by atoms with E-state index in [2.05, 4.69) is 13.8 Å². The predicted octanol–water partition coefficient (Wildman–Crippen LogP) is 5.83. The van der Waals surface area contributed by atoms with Crippen molar-refractivity contribution >= 4 is 29.0 Å². The summed E-state index contributed by atoms with van der Waals surface area (Å²) < 4.78 is 11.1. The van der Waals surface area contributed by atoms with Gasteiger partial charge in [-0.2, -0.15) is 0 Å². The topological polar surface area (TPSA) is 55.8 Å². The lowest BCUT2D eigenvalue weighted by Gasteiger charge is -2.43. The number of carbonyl (C=O) groups excluding carboxylic acids is 2. The number of methoxy groups -OCH3 is 2. The van der Waals surface area contributed by atoms with Crippen LogP contribution in [-0.2, 0) is 9.59 Å². The molecule has 1 aliphatic carbocycles. The molecule has 6 heteroatoms. The molecule has 4 rings (SSSR count). The van der Waals surface area contributed by atoms with Gasteiger partial charge in [0.1, 0.15) is 0 Å². The van der Waals surface area contributed by atoms with E-state index in [1.807, 2.05) is 43.3 Å². The maximum absolute atomic E-state index is 13.6. The second-order valence-corrected chi connectivity index (χ2v) is 9.66. The highest BCUT2D eigenvalue weighted by Crippen LogP contribution is 2.51. The lowest BCUT2D eigenvalue weighted by molar-refractivity contribution is -0.121. The molecule has 0 fully saturated rings. The van der Waals surface area contributed by atoms with Gasteiger partial charge < -0.3 is 9.47 Å². The Morgan fingerprint density at radius 1 is 1.03 bits per heavy atom. The number of hydrogen-bond donors (Lipinski definition) is 0. The van der Waals surface area contributed by atoms with Gasteiger partial charge in [-0.05, 0) is 42.5 Å². The normalized spacial score (nSPS) is 20.3. The molecule has 0 bridgehead atoms. The van der Waals surface area contributed by atoms with E-state index < -0.39 is 0 Å². The molecular weight excluding hydrogens is 426 g/mol. The summed E-state index contributed by atoms with van der Waals surface area (Å²) in [5.41, 5.74) is 3.56. The van der Waals surface area contributed by atoms with Crippen LogP contribution < -0.4 is 14.4 Å². The number of benzene rings is 2. The minimum atomic E-state index is -0.387. The number of para-hydroxylation sites is 1. The summed E-state index contributed by atoms with van der Waals surface area (Å²) in [5.74, 6) is 0.764. The third-order valence-corrected chi connectivity index (χ3v) is 6.84. The molecule has 0 unspecified atom stereocenters. The smallest absolute Gasteiger partial charge is 0.232 e. The number of allylic oxidation sites excluding steroid dienone is 2. The first-order valence-electron chi connectivity index (χ1n) is 10.7. The van der Waals surface area contributed by atoms with Crippen molar-refractivity contribution in [1.29, 1.82) is 0 Å². The number of amides is 1. The summed E-state index contributed by atoms with van der Waals surface area (Å²) >= 11 is 6.39. The highest BCUT2D eigenvalue weighted by molar-refractivity contribution is 6.31. The van der Waals surface area contributed by atoms with Crippen LogP contribution in [0.15, 0.2) is 47.7 Å². The maximum Gasteiger partial charge on any atom is 0.232 e. The van der Waals surface area contributed by atoms with Gasteiger partial charge in [0.25, 0.3) is 0 Å². The summed E-state index contributed by atoms with van der Waals surface area (Å²) in [4.78, 5) is 28.9. The van der Waals surface area contributed by atoms with E-state index in [0.717, 1.165) is 22.5 Å². The van der Waals surface area contributed by atoms with Crippen molar-refractivity contribution in [2.24, 2.45) is 5.41 Å². The second kappa shape index (κ2) is 8.28. The maximum atomic E-state index is 13.6. The van der Waals surface area contributed by atoms with Crippen LogP contribution in [0, 0.1) is 12.3 Å². The van der Waals surface area contributed by atoms with Gasteiger partial charge in [0.05, 0.1) is 19.9 Å². The first kappa shape index (κ1) is 22.4. The largest absolute Gasteiger partial charge is 0.493 e. The molecule has 0 spiro atoms. The van der Waals surface area contributed by atoms with Crippen LogP contribution in [0.5, 0.6) is 11.5 Å². The van der Waals surface area contributed by atoms with E-state index >= 15 is 0 Å². The molecule has 1 heterocycles. The second-order valence-electron chi connectivity index (χ2n) is 9.25. The summed E-state index contributed by atoms with van der Waals surface area (Å²) in [6.07, 6.45) is 1.22. The number of ether oxygens (including phenoxy) is 2. The van der Waals surface area contributed by atoms with Crippen molar-refractivity contribution in [1.82, 2.24) is 0 Å². The number of rotatable bonds is 4. The molecule has 1 aliphatic heterocycles. The SMILES string of the molecule is COc1cccc([C@H]2CC(=O)N(c3cccc(Cl)c3C)C3=C2C(=O)CC(C)(C)C3)c1OC. The summed E-state index contributed by atoms with van der Waals surface area (Å²) in [5, 5.41) is 0.593. The molecule has 2 aromatic carbocycles. The van der Waals surface area contributed by atoms with Crippen molar-refractivity contribution < 1.29 is 19.1 Å². The van der Waals surface area contributed by atoms with Crippen molar-refractivity contribution in [3.63, 3.8) is 0 Å². The molecule has 0 saturated carbocycles. The number of nitrogens with zero attached hydrogens (tertiary/aromatic N) is 1. The van der Waals surface area contributed by atoms with Gasteiger partial charge in [-0.1, -0.05) is 43.6 Å². The van der Waals surface area contributed by atoms with Crippen LogP contribution in [0.4, 0.5) is 5.69 Å². The Hall–Kier alpha value is -2.79. The summed E-state index contributed by atoms with van der Waals surface area (Å²) in [6.45, 7) is 6.04. The molecule has 1 atom stereocenters. The Bertz CT molecular complexity index is 1130. The summed E-state index contributed by atoms with van der Waals surface area (Å²) in [6, 6.07) is 11.1. The number of ketones is 1. The highest BCUT2D eigenvalue weighted by Gasteiger charge is 2.45. The molecular formula is C26H28ClNO4. The third-order valence-electron chi connectivity index (χ3n) is 6.43. The van der Waals surface area contributed by atoms with Crippen molar-refractivity contribution in [3.05, 3.63) is 63.8 Å². The molecule has 0 N–H and O–H groups in total. The fraction of sp³-hybridized carbons (Fsp3) is 0.385. The number of carbonyl (C=O) groups is 2. The standard InChI is InChI=1S/C26H28ClNO4/c1-15-18(27)9-7-10-19(15)28-20-13-26(2,3)14-21(29)24(20)17(12-23(28)30)16-8-6-11-22(31-4)25(16)32-5/h6-11,17H,12-14H2,1-5H3/t17-/m1/s1. The molecule has 0 radical (unpaired) electrons. The third kappa shape index (κ3) is 3.69. The van der Waals surface area contributed by atoms with E-state index in [9.17, 15) is 9.59 Å². The molecule has 1 amide bonds. The molecule has 0 aromatic heterocycles. The monoisotopic (exact) mass is 453 g/mol. The Labute approximate surface area is 194 Å². The first-order valence-corrected chi connectivity index (χ1v) is 11.1. The Morgan fingerprint density at radius 3 is 2.44 bits per heavy atom. The van der Waals surface area contributed by atoms with E-state index in [4.69, 9.17) is 21.1 Å². The molecule has 32 heavy (non-hydrogen) atoms. The van der Waals surface area contributed by atoms with E-state index in [0.29, 0.717) is 34.9 Å². The van der Waals surface area contributed by atoms with Crippen LogP contribution in [-0.4, -0.2) is 25.9 Å². The average Bonchev–Trinajstić information content (AvgIpc) is 2.74. The van der Waals surface area contributed by atoms with Crippen molar-refractivity contribution in [3.8, 4) is 11.5 Å². The van der Waals surface area contributed by atoms with Gasteiger partial charge in [-0.15, -0.1) is 0 Å². The van der Waals surface area contributed by atoms with Gasteiger partial charge >= 0.3 is 0 Å².